The summed E-state index contributed by atoms with van der Waals surface area (Å²) in [6.45, 7) is 1.16. The maximum atomic E-state index is 11.9. The molecule has 0 bridgehead atoms. The van der Waals surface area contributed by atoms with E-state index in [0.29, 0.717) is 25.9 Å². The quantitative estimate of drug-likeness (QED) is 0.830. The Morgan fingerprint density at radius 2 is 1.70 bits per heavy atom. The van der Waals surface area contributed by atoms with Crippen LogP contribution in [0.2, 0.25) is 0 Å². The van der Waals surface area contributed by atoms with Crippen molar-refractivity contribution >= 4 is 27.5 Å². The first-order valence-electron chi connectivity index (χ1n) is 6.17. The first kappa shape index (κ1) is 16.2. The molecule has 5 nitrogen and oxygen atoms in total. The van der Waals surface area contributed by atoms with Crippen LogP contribution in [0.25, 0.3) is 0 Å². The van der Waals surface area contributed by atoms with E-state index in [1.165, 1.54) is 0 Å². The fraction of sp³-hybridized carbons (Fsp3) is 0.357. The van der Waals surface area contributed by atoms with Crippen molar-refractivity contribution in [1.82, 2.24) is 4.90 Å². The molecule has 0 radical (unpaired) electrons. The molecule has 1 aromatic carbocycles. The van der Waals surface area contributed by atoms with Crippen LogP contribution in [0.4, 0.5) is 5.69 Å². The van der Waals surface area contributed by atoms with E-state index in [2.05, 4.69) is 21.2 Å². The fourth-order valence-electron chi connectivity index (χ4n) is 1.62. The van der Waals surface area contributed by atoms with E-state index in [1.807, 2.05) is 24.3 Å². The number of carbonyl (C=O) groups excluding carboxylic acids is 1. The SMILES string of the molecule is N#CCCN(CCC#N)CC(=O)Nc1ccc(Br)cc1. The molecule has 0 aromatic heterocycles. The summed E-state index contributed by atoms with van der Waals surface area (Å²) in [6, 6.07) is 11.4. The molecule has 0 aliphatic carbocycles. The van der Waals surface area contributed by atoms with Crippen LogP contribution in [-0.2, 0) is 4.79 Å². The zero-order valence-corrected chi connectivity index (χ0v) is 12.6. The van der Waals surface area contributed by atoms with E-state index in [-0.39, 0.29) is 12.5 Å². The molecular weight excluding hydrogens is 320 g/mol. The molecule has 6 heteroatoms. The summed E-state index contributed by atoms with van der Waals surface area (Å²) >= 11 is 3.33. The van der Waals surface area contributed by atoms with Gasteiger partial charge in [0.1, 0.15) is 0 Å². The smallest absolute Gasteiger partial charge is 0.238 e. The van der Waals surface area contributed by atoms with Crippen molar-refractivity contribution in [2.24, 2.45) is 0 Å². The van der Waals surface area contributed by atoms with Gasteiger partial charge < -0.3 is 5.32 Å². The van der Waals surface area contributed by atoms with Crippen LogP contribution in [0.5, 0.6) is 0 Å². The number of nitriles is 2. The molecule has 0 unspecified atom stereocenters. The number of anilines is 1. The third kappa shape index (κ3) is 6.33. The number of rotatable bonds is 7. The average molecular weight is 335 g/mol. The predicted molar refractivity (Wildman–Crippen MR) is 79.7 cm³/mol. The molecule has 0 atom stereocenters. The number of nitrogens with one attached hydrogen (secondary N) is 1. The molecule has 0 saturated heterocycles. The lowest BCUT2D eigenvalue weighted by Gasteiger charge is -2.19. The van der Waals surface area contributed by atoms with Gasteiger partial charge in [0.15, 0.2) is 0 Å². The van der Waals surface area contributed by atoms with Gasteiger partial charge in [-0.2, -0.15) is 10.5 Å². The van der Waals surface area contributed by atoms with Crippen molar-refractivity contribution in [3.05, 3.63) is 28.7 Å². The Bertz CT molecular complexity index is 497. The summed E-state index contributed by atoms with van der Waals surface area (Å²) in [7, 11) is 0. The highest BCUT2D eigenvalue weighted by Gasteiger charge is 2.10. The van der Waals surface area contributed by atoms with Crippen LogP contribution in [0, 0.1) is 22.7 Å². The molecule has 1 aromatic rings. The third-order valence-corrected chi connectivity index (χ3v) is 3.10. The van der Waals surface area contributed by atoms with Crippen molar-refractivity contribution in [3.63, 3.8) is 0 Å². The lowest BCUT2D eigenvalue weighted by Crippen LogP contribution is -2.34. The standard InChI is InChI=1S/C14H15BrN4O/c15-12-3-5-13(6-4-12)18-14(20)11-19(9-1-7-16)10-2-8-17/h3-6H,1-2,9-11H2,(H,18,20). The Labute approximate surface area is 126 Å². The van der Waals surface area contributed by atoms with Crippen molar-refractivity contribution in [2.45, 2.75) is 12.8 Å². The molecule has 20 heavy (non-hydrogen) atoms. The second-order valence-electron chi connectivity index (χ2n) is 4.15. The number of amides is 1. The van der Waals surface area contributed by atoms with Crippen molar-refractivity contribution < 1.29 is 4.79 Å². The third-order valence-electron chi connectivity index (χ3n) is 2.57. The maximum absolute atomic E-state index is 11.9. The summed E-state index contributed by atoms with van der Waals surface area (Å²) in [4.78, 5) is 13.7. The van der Waals surface area contributed by atoms with Crippen LogP contribution in [0.1, 0.15) is 12.8 Å². The summed E-state index contributed by atoms with van der Waals surface area (Å²) in [5.74, 6) is -0.150. The second-order valence-corrected chi connectivity index (χ2v) is 5.06. The first-order chi connectivity index (χ1) is 9.65. The number of carbonyl (C=O) groups is 1. The highest BCUT2D eigenvalue weighted by Crippen LogP contribution is 2.14. The molecule has 1 amide bonds. The maximum Gasteiger partial charge on any atom is 0.238 e. The average Bonchev–Trinajstić information content (AvgIpc) is 2.44. The summed E-state index contributed by atoms with van der Waals surface area (Å²) < 4.78 is 0.945. The molecule has 0 spiro atoms. The zero-order chi connectivity index (χ0) is 14.8. The van der Waals surface area contributed by atoms with Gasteiger partial charge in [-0.1, -0.05) is 15.9 Å². The summed E-state index contributed by atoms with van der Waals surface area (Å²) in [6.07, 6.45) is 0.688. The van der Waals surface area contributed by atoms with Gasteiger partial charge in [0.2, 0.25) is 5.91 Å². The minimum atomic E-state index is -0.150. The monoisotopic (exact) mass is 334 g/mol. The van der Waals surface area contributed by atoms with E-state index in [1.54, 1.807) is 17.0 Å². The topological polar surface area (TPSA) is 79.9 Å². The van der Waals surface area contributed by atoms with Gasteiger partial charge in [-0.15, -0.1) is 0 Å². The van der Waals surface area contributed by atoms with Crippen LogP contribution in [-0.4, -0.2) is 30.4 Å². The minimum Gasteiger partial charge on any atom is -0.325 e. The molecule has 104 valence electrons. The number of hydrogen-bond donors (Lipinski definition) is 1. The zero-order valence-electron chi connectivity index (χ0n) is 11.0. The summed E-state index contributed by atoms with van der Waals surface area (Å²) in [5.41, 5.74) is 0.721. The Balaban J connectivity index is 2.50. The van der Waals surface area contributed by atoms with E-state index >= 15 is 0 Å². The van der Waals surface area contributed by atoms with Gasteiger partial charge in [-0.3, -0.25) is 9.69 Å². The van der Waals surface area contributed by atoms with Crippen LogP contribution >= 0.6 is 15.9 Å². The van der Waals surface area contributed by atoms with Gasteiger partial charge in [0.05, 0.1) is 18.7 Å². The van der Waals surface area contributed by atoms with Crippen LogP contribution in [0.15, 0.2) is 28.7 Å². The Morgan fingerprint density at radius 1 is 1.15 bits per heavy atom. The fourth-order valence-corrected chi connectivity index (χ4v) is 1.89. The van der Waals surface area contributed by atoms with Crippen molar-refractivity contribution in [3.8, 4) is 12.1 Å². The summed E-state index contributed by atoms with van der Waals surface area (Å²) in [5, 5.41) is 20.0. The molecule has 0 heterocycles. The number of benzene rings is 1. The second kappa shape index (κ2) is 9.08. The molecule has 1 rings (SSSR count). The normalized spacial score (nSPS) is 9.80. The van der Waals surface area contributed by atoms with Gasteiger partial charge in [-0.25, -0.2) is 0 Å². The Morgan fingerprint density at radius 3 is 2.20 bits per heavy atom. The van der Waals surface area contributed by atoms with Crippen molar-refractivity contribution in [2.75, 3.05) is 25.0 Å². The molecule has 0 aliphatic heterocycles. The first-order valence-corrected chi connectivity index (χ1v) is 6.96. The van der Waals surface area contributed by atoms with Gasteiger partial charge >= 0.3 is 0 Å². The molecule has 1 N–H and O–H groups in total. The molecule has 0 saturated carbocycles. The van der Waals surface area contributed by atoms with E-state index in [9.17, 15) is 4.79 Å². The highest BCUT2D eigenvalue weighted by molar-refractivity contribution is 9.10. The lowest BCUT2D eigenvalue weighted by atomic mass is 10.3. The molecular formula is C14H15BrN4O. The highest BCUT2D eigenvalue weighted by atomic mass is 79.9. The van der Waals surface area contributed by atoms with Crippen LogP contribution in [0.3, 0.4) is 0 Å². The largest absolute Gasteiger partial charge is 0.325 e. The minimum absolute atomic E-state index is 0.150. The van der Waals surface area contributed by atoms with Crippen LogP contribution < -0.4 is 5.32 Å². The predicted octanol–water partition coefficient (Wildman–Crippen LogP) is 2.52. The number of hydrogen-bond acceptors (Lipinski definition) is 4. The van der Waals surface area contributed by atoms with Crippen molar-refractivity contribution in [1.29, 1.82) is 10.5 Å². The number of halogens is 1. The lowest BCUT2D eigenvalue weighted by molar-refractivity contribution is -0.117. The Kier molecular flexibility index (Phi) is 7.34. The van der Waals surface area contributed by atoms with E-state index < -0.39 is 0 Å². The van der Waals surface area contributed by atoms with Gasteiger partial charge in [-0.05, 0) is 24.3 Å². The number of nitrogens with zero attached hydrogens (tertiary/aromatic N) is 3. The Hall–Kier alpha value is -1.89. The van der Waals surface area contributed by atoms with Gasteiger partial charge in [0.25, 0.3) is 0 Å². The van der Waals surface area contributed by atoms with E-state index in [4.69, 9.17) is 10.5 Å². The molecule has 0 fully saturated rings. The molecule has 0 aliphatic rings. The van der Waals surface area contributed by atoms with Gasteiger partial charge in [0, 0.05) is 36.1 Å². The van der Waals surface area contributed by atoms with E-state index in [0.717, 1.165) is 10.2 Å².